The number of thiophene rings is 1. The van der Waals surface area contributed by atoms with E-state index in [0.717, 1.165) is 18.9 Å². The first-order valence-electron chi connectivity index (χ1n) is 8.15. The Morgan fingerprint density at radius 3 is 2.15 bits per heavy atom. The van der Waals surface area contributed by atoms with Gasteiger partial charge in [0.25, 0.3) is 0 Å². The van der Waals surface area contributed by atoms with Crippen LogP contribution in [0.15, 0.2) is 12.1 Å². The molecule has 0 aromatic carbocycles. The van der Waals surface area contributed by atoms with Gasteiger partial charge in [0.15, 0.2) is 0 Å². The number of hydrogen-bond acceptors (Lipinski definition) is 2. The van der Waals surface area contributed by atoms with E-state index >= 15 is 0 Å². The molecule has 1 aliphatic carbocycles. The molecule has 1 aliphatic rings. The number of hydrogen-bond donors (Lipinski definition) is 1. The predicted molar refractivity (Wildman–Crippen MR) is 90.5 cm³/mol. The third kappa shape index (κ3) is 2.82. The van der Waals surface area contributed by atoms with Crippen molar-refractivity contribution in [1.29, 1.82) is 0 Å². The third-order valence-electron chi connectivity index (χ3n) is 5.68. The van der Waals surface area contributed by atoms with Gasteiger partial charge in [0, 0.05) is 15.8 Å². The second kappa shape index (κ2) is 5.81. The summed E-state index contributed by atoms with van der Waals surface area (Å²) >= 11 is 2.00. The highest BCUT2D eigenvalue weighted by Gasteiger charge is 2.66. The summed E-state index contributed by atoms with van der Waals surface area (Å²) in [7, 11) is 0. The van der Waals surface area contributed by atoms with Crippen molar-refractivity contribution in [1.82, 2.24) is 5.32 Å². The minimum Gasteiger partial charge on any atom is -0.313 e. The van der Waals surface area contributed by atoms with Crippen molar-refractivity contribution in [3.63, 3.8) is 0 Å². The lowest BCUT2D eigenvalue weighted by Gasteiger charge is -2.20. The zero-order valence-corrected chi connectivity index (χ0v) is 14.9. The zero-order valence-electron chi connectivity index (χ0n) is 14.0. The maximum atomic E-state index is 3.83. The van der Waals surface area contributed by atoms with Crippen molar-refractivity contribution in [3.05, 3.63) is 21.9 Å². The van der Waals surface area contributed by atoms with E-state index in [1.807, 2.05) is 11.3 Å². The second-order valence-electron chi connectivity index (χ2n) is 7.41. The maximum Gasteiger partial charge on any atom is 0.0154 e. The molecule has 1 nitrogen and oxygen atoms in total. The van der Waals surface area contributed by atoms with Crippen LogP contribution in [0.2, 0.25) is 0 Å². The normalized spacial score (nSPS) is 21.9. The van der Waals surface area contributed by atoms with Crippen LogP contribution in [0.1, 0.15) is 57.7 Å². The molecule has 1 aromatic rings. The molecule has 20 heavy (non-hydrogen) atoms. The molecular weight excluding hydrogens is 262 g/mol. The highest BCUT2D eigenvalue weighted by atomic mass is 32.1. The smallest absolute Gasteiger partial charge is 0.0154 e. The topological polar surface area (TPSA) is 12.0 Å². The minimum absolute atomic E-state index is 0.462. The monoisotopic (exact) mass is 293 g/mol. The quantitative estimate of drug-likeness (QED) is 0.753. The Kier molecular flexibility index (Phi) is 4.66. The van der Waals surface area contributed by atoms with Crippen LogP contribution >= 0.6 is 11.3 Å². The van der Waals surface area contributed by atoms with Crippen LogP contribution in [0.4, 0.5) is 0 Å². The standard InChI is InChI=1S/C18H31NS/c1-7-11-19-15(16-17(3,4)18(16,5)6)12-14-10-9-13(8-2)20-14/h9-10,15-16,19H,7-8,11-12H2,1-6H3. The largest absolute Gasteiger partial charge is 0.313 e. The molecule has 0 amide bonds. The van der Waals surface area contributed by atoms with Crippen molar-refractivity contribution in [3.8, 4) is 0 Å². The van der Waals surface area contributed by atoms with Gasteiger partial charge in [-0.3, -0.25) is 0 Å². The molecular formula is C18H31NS. The molecule has 0 radical (unpaired) electrons. The minimum atomic E-state index is 0.462. The van der Waals surface area contributed by atoms with Gasteiger partial charge < -0.3 is 5.32 Å². The van der Waals surface area contributed by atoms with E-state index in [1.54, 1.807) is 4.88 Å². The summed E-state index contributed by atoms with van der Waals surface area (Å²) in [6.07, 6.45) is 3.58. The summed E-state index contributed by atoms with van der Waals surface area (Å²) in [4.78, 5) is 3.07. The Balaban J connectivity index is 2.09. The molecule has 1 N–H and O–H groups in total. The summed E-state index contributed by atoms with van der Waals surface area (Å²) in [5, 5.41) is 3.83. The molecule has 0 bridgehead atoms. The molecule has 1 fully saturated rings. The van der Waals surface area contributed by atoms with Crippen LogP contribution in [-0.2, 0) is 12.8 Å². The highest BCUT2D eigenvalue weighted by Crippen LogP contribution is 2.69. The van der Waals surface area contributed by atoms with Crippen LogP contribution < -0.4 is 5.32 Å². The molecule has 0 aliphatic heterocycles. The van der Waals surface area contributed by atoms with Gasteiger partial charge >= 0.3 is 0 Å². The second-order valence-corrected chi connectivity index (χ2v) is 8.66. The predicted octanol–water partition coefficient (Wildman–Crippen LogP) is 4.90. The highest BCUT2D eigenvalue weighted by molar-refractivity contribution is 7.11. The number of nitrogens with one attached hydrogen (secondary N) is 1. The first kappa shape index (κ1) is 16.0. The van der Waals surface area contributed by atoms with E-state index in [2.05, 4.69) is 59.0 Å². The third-order valence-corrected chi connectivity index (χ3v) is 6.93. The Morgan fingerprint density at radius 2 is 1.70 bits per heavy atom. The van der Waals surface area contributed by atoms with E-state index < -0.39 is 0 Å². The molecule has 1 heterocycles. The summed E-state index contributed by atoms with van der Waals surface area (Å²) in [5.41, 5.74) is 0.923. The molecule has 2 heteroatoms. The van der Waals surface area contributed by atoms with E-state index in [4.69, 9.17) is 0 Å². The Labute approximate surface area is 129 Å². The molecule has 0 saturated heterocycles. The van der Waals surface area contributed by atoms with E-state index in [9.17, 15) is 0 Å². The lowest BCUT2D eigenvalue weighted by atomic mass is 10.00. The van der Waals surface area contributed by atoms with Crippen molar-refractivity contribution in [2.45, 2.75) is 66.8 Å². The van der Waals surface area contributed by atoms with Gasteiger partial charge in [-0.1, -0.05) is 41.5 Å². The van der Waals surface area contributed by atoms with Crippen molar-refractivity contribution >= 4 is 11.3 Å². The molecule has 1 unspecified atom stereocenters. The first-order valence-corrected chi connectivity index (χ1v) is 8.97. The van der Waals surface area contributed by atoms with E-state index in [1.165, 1.54) is 17.7 Å². The molecule has 2 rings (SSSR count). The van der Waals surface area contributed by atoms with Crippen LogP contribution in [0.3, 0.4) is 0 Å². The zero-order chi connectivity index (χ0) is 15.0. The molecule has 1 aromatic heterocycles. The van der Waals surface area contributed by atoms with Crippen molar-refractivity contribution in [2.75, 3.05) is 6.54 Å². The fourth-order valence-electron chi connectivity index (χ4n) is 3.83. The number of aryl methyl sites for hydroxylation is 1. The lowest BCUT2D eigenvalue weighted by Crippen LogP contribution is -2.35. The van der Waals surface area contributed by atoms with Crippen LogP contribution in [0.25, 0.3) is 0 Å². The lowest BCUT2D eigenvalue weighted by molar-refractivity contribution is 0.397. The summed E-state index contributed by atoms with van der Waals surface area (Å²) in [6.45, 7) is 15.4. The van der Waals surface area contributed by atoms with E-state index in [0.29, 0.717) is 16.9 Å². The first-order chi connectivity index (χ1) is 9.34. The Morgan fingerprint density at radius 1 is 1.10 bits per heavy atom. The Hall–Kier alpha value is -0.340. The fourth-order valence-corrected chi connectivity index (χ4v) is 4.85. The van der Waals surface area contributed by atoms with Crippen molar-refractivity contribution < 1.29 is 0 Å². The fraction of sp³-hybridized carbons (Fsp3) is 0.778. The van der Waals surface area contributed by atoms with Gasteiger partial charge in [0.2, 0.25) is 0 Å². The average Bonchev–Trinajstić information content (AvgIpc) is 2.72. The van der Waals surface area contributed by atoms with Crippen LogP contribution in [-0.4, -0.2) is 12.6 Å². The van der Waals surface area contributed by atoms with Gasteiger partial charge in [-0.15, -0.1) is 11.3 Å². The van der Waals surface area contributed by atoms with Crippen LogP contribution in [0, 0.1) is 16.7 Å². The van der Waals surface area contributed by atoms with Gasteiger partial charge in [-0.25, -0.2) is 0 Å². The van der Waals surface area contributed by atoms with Crippen LogP contribution in [0.5, 0.6) is 0 Å². The molecule has 1 atom stereocenters. The summed E-state index contributed by atoms with van der Waals surface area (Å²) < 4.78 is 0. The Bertz CT molecular complexity index is 430. The maximum absolute atomic E-state index is 3.83. The van der Waals surface area contributed by atoms with Gasteiger partial charge in [0.05, 0.1) is 0 Å². The van der Waals surface area contributed by atoms with Crippen molar-refractivity contribution in [2.24, 2.45) is 16.7 Å². The van der Waals surface area contributed by atoms with E-state index in [-0.39, 0.29) is 0 Å². The summed E-state index contributed by atoms with van der Waals surface area (Å²) in [5.74, 6) is 0.786. The number of rotatable bonds is 7. The molecule has 114 valence electrons. The molecule has 1 saturated carbocycles. The summed E-state index contributed by atoms with van der Waals surface area (Å²) in [6, 6.07) is 5.27. The van der Waals surface area contributed by atoms with Gasteiger partial charge in [-0.05, 0) is 54.7 Å². The SMILES string of the molecule is CCCNC(Cc1ccc(CC)s1)C1C(C)(C)C1(C)C. The van der Waals surface area contributed by atoms with Gasteiger partial charge in [0.1, 0.15) is 0 Å². The average molecular weight is 294 g/mol. The van der Waals surface area contributed by atoms with Gasteiger partial charge in [-0.2, -0.15) is 0 Å². The molecule has 0 spiro atoms.